The van der Waals surface area contributed by atoms with E-state index in [1.165, 1.54) is 4.31 Å². The van der Waals surface area contributed by atoms with Gasteiger partial charge >= 0.3 is 18.0 Å². The molecule has 1 saturated heterocycles. The molecule has 0 saturated carbocycles. The summed E-state index contributed by atoms with van der Waals surface area (Å²) in [5.41, 5.74) is 1.22. The molecule has 318 valence electrons. The van der Waals surface area contributed by atoms with Gasteiger partial charge in [-0.3, -0.25) is 4.79 Å². The maximum Gasteiger partial charge on any atom is 0.407 e. The molecule has 2 heterocycles. The number of esters is 1. The molecule has 1 aliphatic heterocycles. The number of ether oxygens (including phenoxy) is 3. The quantitative estimate of drug-likeness (QED) is 0.0711. The van der Waals surface area contributed by atoms with Crippen molar-refractivity contribution in [2.75, 3.05) is 36.9 Å². The third-order valence-electron chi connectivity index (χ3n) is 8.63. The van der Waals surface area contributed by atoms with Gasteiger partial charge in [-0.25, -0.2) is 27.1 Å². The van der Waals surface area contributed by atoms with Crippen molar-refractivity contribution in [2.24, 2.45) is 0 Å². The van der Waals surface area contributed by atoms with E-state index >= 15 is 0 Å². The number of nitrogens with zero attached hydrogens (tertiary/aromatic N) is 1. The number of unbranched alkanes of at least 4 members (excludes halogenated alkanes) is 3. The minimum absolute atomic E-state index is 0.0141. The lowest BCUT2D eigenvalue weighted by Crippen LogP contribution is -2.42. The summed E-state index contributed by atoms with van der Waals surface area (Å²) in [6.07, 6.45) is 4.18. The Labute approximate surface area is 350 Å². The Morgan fingerprint density at radius 2 is 1.55 bits per heavy atom. The first-order valence-electron chi connectivity index (χ1n) is 19.3. The topological polar surface area (TPSA) is 190 Å². The fraction of sp³-hybridized carbons (Fsp3) is 0.512. The minimum atomic E-state index is -3.64. The van der Waals surface area contributed by atoms with Crippen molar-refractivity contribution in [3.8, 4) is 16.2 Å². The molecule has 0 unspecified atom stereocenters. The van der Waals surface area contributed by atoms with Gasteiger partial charge in [-0.2, -0.15) is 0 Å². The Balaban J connectivity index is 1.26. The minimum Gasteiger partial charge on any atom is -0.479 e. The van der Waals surface area contributed by atoms with E-state index in [-0.39, 0.29) is 33.4 Å². The van der Waals surface area contributed by atoms with Crippen LogP contribution in [0, 0.1) is 0 Å². The van der Waals surface area contributed by atoms with Crippen molar-refractivity contribution in [3.63, 3.8) is 0 Å². The molecule has 14 nitrogen and oxygen atoms in total. The van der Waals surface area contributed by atoms with Crippen molar-refractivity contribution < 1.29 is 46.9 Å². The standard InChI is InChI=1S/C41H55ClN4O10S2/c1-40(2,3)55-38(50)37-35(54-25-33(48)49)34(42)36(57-37)28-14-12-16-31(24-28)44-29-18-21-46(22-19-29)58(52,53)26-27-13-11-15-30(23-27)45-32(47)17-9-7-8-10-20-43-39(51)56-41(4,5)6/h11-16,23-24,29,44H,7-10,17-22,25-26H2,1-6H3,(H,43,51)(H,45,47)(H,48,49). The van der Waals surface area contributed by atoms with Crippen LogP contribution < -0.4 is 20.7 Å². The van der Waals surface area contributed by atoms with E-state index in [1.54, 1.807) is 45.0 Å². The second kappa shape index (κ2) is 20.5. The average Bonchev–Trinajstić information content (AvgIpc) is 3.45. The molecule has 3 aromatic rings. The highest BCUT2D eigenvalue weighted by Crippen LogP contribution is 2.46. The molecule has 58 heavy (non-hydrogen) atoms. The molecule has 1 fully saturated rings. The molecular formula is C41H55ClN4O10S2. The Morgan fingerprint density at radius 1 is 0.897 bits per heavy atom. The number of nitrogens with one attached hydrogen (secondary N) is 3. The smallest absolute Gasteiger partial charge is 0.407 e. The summed E-state index contributed by atoms with van der Waals surface area (Å²) in [7, 11) is -3.64. The zero-order valence-corrected chi connectivity index (χ0v) is 36.3. The molecule has 0 radical (unpaired) electrons. The second-order valence-corrected chi connectivity index (χ2v) is 19.5. The highest BCUT2D eigenvalue weighted by atomic mass is 35.5. The largest absolute Gasteiger partial charge is 0.479 e. The fourth-order valence-corrected chi connectivity index (χ4v) is 9.09. The average molecular weight is 863 g/mol. The number of amides is 2. The summed E-state index contributed by atoms with van der Waals surface area (Å²) in [6, 6.07) is 14.3. The van der Waals surface area contributed by atoms with Gasteiger partial charge in [0.2, 0.25) is 15.9 Å². The Bertz CT molecular complexity index is 2020. The van der Waals surface area contributed by atoms with Crippen LogP contribution in [0.4, 0.5) is 16.2 Å². The number of aliphatic carboxylic acids is 1. The molecule has 4 rings (SSSR count). The number of hydrogen-bond donors (Lipinski definition) is 4. The highest BCUT2D eigenvalue weighted by Gasteiger charge is 2.30. The lowest BCUT2D eigenvalue weighted by atomic mass is 10.1. The van der Waals surface area contributed by atoms with Crippen LogP contribution in [0.25, 0.3) is 10.4 Å². The van der Waals surface area contributed by atoms with Crippen molar-refractivity contribution in [1.82, 2.24) is 9.62 Å². The number of carbonyl (C=O) groups excluding carboxylic acids is 3. The molecule has 0 spiro atoms. The summed E-state index contributed by atoms with van der Waals surface area (Å²) < 4.78 is 44.6. The SMILES string of the molecule is CC(C)(C)OC(=O)NCCCCCCC(=O)Nc1cccc(CS(=O)(=O)N2CCC(Nc3cccc(-c4sc(C(=O)OC(C)(C)C)c(OCC(=O)O)c4Cl)c3)CC2)c1. The second-order valence-electron chi connectivity index (χ2n) is 16.1. The van der Waals surface area contributed by atoms with Crippen LogP contribution in [0.5, 0.6) is 5.75 Å². The molecule has 17 heteroatoms. The lowest BCUT2D eigenvalue weighted by molar-refractivity contribution is -0.139. The molecule has 2 aromatic carbocycles. The zero-order valence-electron chi connectivity index (χ0n) is 33.9. The maximum absolute atomic E-state index is 13.5. The van der Waals surface area contributed by atoms with Crippen LogP contribution in [-0.4, -0.2) is 85.3 Å². The predicted octanol–water partition coefficient (Wildman–Crippen LogP) is 8.31. The van der Waals surface area contributed by atoms with Gasteiger partial charge in [0.1, 0.15) is 16.2 Å². The molecule has 1 aliphatic rings. The van der Waals surface area contributed by atoms with Crippen molar-refractivity contribution in [2.45, 2.75) is 109 Å². The van der Waals surface area contributed by atoms with Gasteiger partial charge in [-0.1, -0.05) is 48.7 Å². The molecule has 0 bridgehead atoms. The Morgan fingerprint density at radius 3 is 2.22 bits per heavy atom. The van der Waals surface area contributed by atoms with Gasteiger partial charge in [0, 0.05) is 43.5 Å². The van der Waals surface area contributed by atoms with E-state index < -0.39 is 45.9 Å². The highest BCUT2D eigenvalue weighted by molar-refractivity contribution is 7.88. The van der Waals surface area contributed by atoms with E-state index in [1.807, 2.05) is 45.0 Å². The number of sulfonamides is 1. The summed E-state index contributed by atoms with van der Waals surface area (Å²) in [6.45, 7) is 11.1. The number of anilines is 2. The monoisotopic (exact) mass is 862 g/mol. The predicted molar refractivity (Wildman–Crippen MR) is 226 cm³/mol. The molecular weight excluding hydrogens is 808 g/mol. The molecule has 0 aliphatic carbocycles. The number of carboxylic acid groups (broad SMARTS) is 1. The van der Waals surface area contributed by atoms with E-state index in [2.05, 4.69) is 16.0 Å². The van der Waals surface area contributed by atoms with Crippen LogP contribution in [0.15, 0.2) is 48.5 Å². The van der Waals surface area contributed by atoms with Gasteiger partial charge in [0.25, 0.3) is 0 Å². The normalized spacial score (nSPS) is 14.1. The van der Waals surface area contributed by atoms with Crippen LogP contribution in [0.3, 0.4) is 0 Å². The van der Waals surface area contributed by atoms with E-state index in [4.69, 9.17) is 25.8 Å². The first-order chi connectivity index (χ1) is 27.2. The first kappa shape index (κ1) is 46.3. The van der Waals surface area contributed by atoms with Gasteiger partial charge < -0.3 is 35.3 Å². The number of benzene rings is 2. The summed E-state index contributed by atoms with van der Waals surface area (Å²) in [5.74, 6) is -2.29. The van der Waals surface area contributed by atoms with E-state index in [0.717, 1.165) is 36.3 Å². The molecule has 1 aromatic heterocycles. The van der Waals surface area contributed by atoms with Crippen LogP contribution in [0.1, 0.15) is 102 Å². The van der Waals surface area contributed by atoms with Crippen LogP contribution >= 0.6 is 22.9 Å². The van der Waals surface area contributed by atoms with Crippen LogP contribution in [0.2, 0.25) is 5.02 Å². The Kier molecular flexibility index (Phi) is 16.4. The summed E-state index contributed by atoms with van der Waals surface area (Å²) in [5, 5.41) is 18.4. The van der Waals surface area contributed by atoms with Gasteiger partial charge in [0.05, 0.1) is 10.6 Å². The number of thiophene rings is 1. The third kappa shape index (κ3) is 15.1. The summed E-state index contributed by atoms with van der Waals surface area (Å²) >= 11 is 7.73. The van der Waals surface area contributed by atoms with Crippen molar-refractivity contribution >= 4 is 68.3 Å². The van der Waals surface area contributed by atoms with Crippen molar-refractivity contribution in [1.29, 1.82) is 0 Å². The van der Waals surface area contributed by atoms with E-state index in [9.17, 15) is 32.7 Å². The fourth-order valence-electron chi connectivity index (χ4n) is 6.10. The number of carboxylic acids is 1. The third-order valence-corrected chi connectivity index (χ3v) is 12.2. The van der Waals surface area contributed by atoms with Gasteiger partial charge in [-0.15, -0.1) is 11.3 Å². The molecule has 0 atom stereocenters. The molecule has 2 amide bonds. The van der Waals surface area contributed by atoms with E-state index in [0.29, 0.717) is 67.0 Å². The lowest BCUT2D eigenvalue weighted by Gasteiger charge is -2.32. The number of piperidine rings is 1. The Hall–Kier alpha value is -4.38. The number of carbonyl (C=O) groups is 4. The zero-order chi connectivity index (χ0) is 42.7. The van der Waals surface area contributed by atoms with Crippen LogP contribution in [-0.2, 0) is 34.8 Å². The number of hydrogen-bond acceptors (Lipinski definition) is 11. The molecule has 4 N–H and O–H groups in total. The summed E-state index contributed by atoms with van der Waals surface area (Å²) in [4.78, 5) is 49.2. The number of halogens is 1. The van der Waals surface area contributed by atoms with Gasteiger partial charge in [0.15, 0.2) is 17.2 Å². The first-order valence-corrected chi connectivity index (χ1v) is 22.1. The number of rotatable bonds is 18. The maximum atomic E-state index is 13.5. The number of alkyl carbamates (subject to hydrolysis) is 1. The van der Waals surface area contributed by atoms with Gasteiger partial charge in [-0.05, 0) is 103 Å². The van der Waals surface area contributed by atoms with Crippen molar-refractivity contribution in [3.05, 3.63) is 64.0 Å².